The SMILES string of the molecule is COc1ccc(CCCO)c(C(=O)O)c1. The van der Waals surface area contributed by atoms with Gasteiger partial charge in [-0.15, -0.1) is 0 Å². The van der Waals surface area contributed by atoms with Crippen molar-refractivity contribution in [2.24, 2.45) is 0 Å². The van der Waals surface area contributed by atoms with Gasteiger partial charge < -0.3 is 14.9 Å². The number of benzene rings is 1. The lowest BCUT2D eigenvalue weighted by Crippen LogP contribution is -2.04. The molecule has 4 heteroatoms. The van der Waals surface area contributed by atoms with Gasteiger partial charge in [-0.3, -0.25) is 0 Å². The summed E-state index contributed by atoms with van der Waals surface area (Å²) in [6.45, 7) is 0.0606. The van der Waals surface area contributed by atoms with Crippen molar-refractivity contribution in [1.29, 1.82) is 0 Å². The zero-order valence-electron chi connectivity index (χ0n) is 8.56. The van der Waals surface area contributed by atoms with Gasteiger partial charge in [0.05, 0.1) is 12.7 Å². The molecule has 0 fully saturated rings. The molecule has 0 saturated carbocycles. The van der Waals surface area contributed by atoms with Crippen LogP contribution < -0.4 is 4.74 Å². The van der Waals surface area contributed by atoms with Crippen LogP contribution in [0.2, 0.25) is 0 Å². The van der Waals surface area contributed by atoms with Gasteiger partial charge in [0, 0.05) is 6.61 Å². The molecule has 0 aromatic heterocycles. The predicted octanol–water partition coefficient (Wildman–Crippen LogP) is 1.32. The second kappa shape index (κ2) is 5.36. The number of carboxylic acids is 1. The highest BCUT2D eigenvalue weighted by molar-refractivity contribution is 5.89. The molecule has 0 aliphatic carbocycles. The lowest BCUT2D eigenvalue weighted by atomic mass is 10.0. The molecule has 15 heavy (non-hydrogen) atoms. The fourth-order valence-corrected chi connectivity index (χ4v) is 1.37. The summed E-state index contributed by atoms with van der Waals surface area (Å²) in [5, 5.41) is 17.7. The Balaban J connectivity index is 2.98. The summed E-state index contributed by atoms with van der Waals surface area (Å²) in [4.78, 5) is 10.9. The monoisotopic (exact) mass is 210 g/mol. The van der Waals surface area contributed by atoms with E-state index in [2.05, 4.69) is 0 Å². The molecule has 0 atom stereocenters. The highest BCUT2D eigenvalue weighted by atomic mass is 16.5. The minimum absolute atomic E-state index is 0.0606. The summed E-state index contributed by atoms with van der Waals surface area (Å²) in [5.41, 5.74) is 0.958. The highest BCUT2D eigenvalue weighted by Crippen LogP contribution is 2.18. The number of hydrogen-bond acceptors (Lipinski definition) is 3. The van der Waals surface area contributed by atoms with Crippen LogP contribution in [-0.2, 0) is 6.42 Å². The third-order valence-electron chi connectivity index (χ3n) is 2.15. The molecule has 0 aliphatic heterocycles. The maximum absolute atomic E-state index is 10.9. The molecular weight excluding hydrogens is 196 g/mol. The van der Waals surface area contributed by atoms with Crippen LogP contribution in [0.25, 0.3) is 0 Å². The van der Waals surface area contributed by atoms with Gasteiger partial charge >= 0.3 is 5.97 Å². The highest BCUT2D eigenvalue weighted by Gasteiger charge is 2.10. The molecule has 0 aliphatic rings. The summed E-state index contributed by atoms with van der Waals surface area (Å²) < 4.78 is 4.95. The number of aromatic carboxylic acids is 1. The van der Waals surface area contributed by atoms with Gasteiger partial charge in [0.25, 0.3) is 0 Å². The van der Waals surface area contributed by atoms with Gasteiger partial charge in [0.2, 0.25) is 0 Å². The molecule has 0 unspecified atom stereocenters. The van der Waals surface area contributed by atoms with Crippen molar-refractivity contribution in [3.63, 3.8) is 0 Å². The third-order valence-corrected chi connectivity index (χ3v) is 2.15. The van der Waals surface area contributed by atoms with Crippen molar-refractivity contribution in [3.8, 4) is 5.75 Å². The average Bonchev–Trinajstić information content (AvgIpc) is 2.26. The molecule has 0 spiro atoms. The van der Waals surface area contributed by atoms with E-state index < -0.39 is 5.97 Å². The van der Waals surface area contributed by atoms with E-state index in [0.717, 1.165) is 5.56 Å². The molecule has 2 N–H and O–H groups in total. The fraction of sp³-hybridized carbons (Fsp3) is 0.364. The lowest BCUT2D eigenvalue weighted by Gasteiger charge is -2.07. The first kappa shape index (κ1) is 11.5. The molecule has 1 rings (SSSR count). The minimum Gasteiger partial charge on any atom is -0.497 e. The summed E-state index contributed by atoms with van der Waals surface area (Å²) in [6.07, 6.45) is 1.12. The largest absolute Gasteiger partial charge is 0.497 e. The number of ether oxygens (including phenoxy) is 1. The number of hydrogen-bond donors (Lipinski definition) is 2. The van der Waals surface area contributed by atoms with Crippen LogP contribution >= 0.6 is 0 Å². The van der Waals surface area contributed by atoms with Crippen LogP contribution in [-0.4, -0.2) is 29.9 Å². The van der Waals surface area contributed by atoms with E-state index in [9.17, 15) is 4.79 Å². The standard InChI is InChI=1S/C11H14O4/c1-15-9-5-4-8(3-2-6-12)10(7-9)11(13)14/h4-5,7,12H,2-3,6H2,1H3,(H,13,14). The van der Waals surface area contributed by atoms with Crippen molar-refractivity contribution < 1.29 is 19.7 Å². The van der Waals surface area contributed by atoms with Crippen molar-refractivity contribution in [2.75, 3.05) is 13.7 Å². The molecule has 82 valence electrons. The molecule has 1 aromatic carbocycles. The van der Waals surface area contributed by atoms with Crippen LogP contribution in [0.3, 0.4) is 0 Å². The summed E-state index contributed by atoms with van der Waals surface area (Å²) >= 11 is 0. The normalized spacial score (nSPS) is 10.0. The quantitative estimate of drug-likeness (QED) is 0.769. The van der Waals surface area contributed by atoms with Gasteiger partial charge in [-0.25, -0.2) is 4.79 Å². The minimum atomic E-state index is -0.971. The molecule has 0 amide bonds. The van der Waals surface area contributed by atoms with Crippen LogP contribution in [0.1, 0.15) is 22.3 Å². The van der Waals surface area contributed by atoms with Crippen LogP contribution in [0.15, 0.2) is 18.2 Å². The van der Waals surface area contributed by atoms with E-state index in [0.29, 0.717) is 18.6 Å². The summed E-state index contributed by atoms with van der Waals surface area (Å²) in [5.74, 6) is -0.443. The van der Waals surface area contributed by atoms with E-state index in [1.807, 2.05) is 0 Å². The molecule has 0 bridgehead atoms. The summed E-state index contributed by atoms with van der Waals surface area (Å²) in [7, 11) is 1.49. The fourth-order valence-electron chi connectivity index (χ4n) is 1.37. The molecule has 0 heterocycles. The number of methoxy groups -OCH3 is 1. The Hall–Kier alpha value is -1.55. The average molecular weight is 210 g/mol. The lowest BCUT2D eigenvalue weighted by molar-refractivity contribution is 0.0695. The number of aryl methyl sites for hydroxylation is 1. The Morgan fingerprint density at radius 2 is 2.20 bits per heavy atom. The topological polar surface area (TPSA) is 66.8 Å². The van der Waals surface area contributed by atoms with Crippen LogP contribution in [0.4, 0.5) is 0 Å². The van der Waals surface area contributed by atoms with Crippen molar-refractivity contribution in [1.82, 2.24) is 0 Å². The predicted molar refractivity (Wildman–Crippen MR) is 55.4 cm³/mol. The van der Waals surface area contributed by atoms with Crippen molar-refractivity contribution >= 4 is 5.97 Å². The first-order chi connectivity index (χ1) is 7.19. The molecule has 1 aromatic rings. The number of carbonyl (C=O) groups is 1. The van der Waals surface area contributed by atoms with Gasteiger partial charge in [-0.1, -0.05) is 6.07 Å². The van der Waals surface area contributed by atoms with Gasteiger partial charge in [0.1, 0.15) is 5.75 Å². The second-order valence-electron chi connectivity index (χ2n) is 3.16. The van der Waals surface area contributed by atoms with Crippen LogP contribution in [0.5, 0.6) is 5.75 Å². The third kappa shape index (κ3) is 2.95. The van der Waals surface area contributed by atoms with E-state index in [1.54, 1.807) is 12.1 Å². The van der Waals surface area contributed by atoms with E-state index >= 15 is 0 Å². The number of carboxylic acid groups (broad SMARTS) is 1. The first-order valence-corrected chi connectivity index (χ1v) is 4.70. The first-order valence-electron chi connectivity index (χ1n) is 4.70. The maximum atomic E-state index is 10.9. The number of rotatable bonds is 5. The number of aliphatic hydroxyl groups excluding tert-OH is 1. The zero-order chi connectivity index (χ0) is 11.3. The second-order valence-corrected chi connectivity index (χ2v) is 3.16. The van der Waals surface area contributed by atoms with Crippen molar-refractivity contribution in [2.45, 2.75) is 12.8 Å². The van der Waals surface area contributed by atoms with Gasteiger partial charge in [0.15, 0.2) is 0 Å². The molecule has 0 radical (unpaired) electrons. The Morgan fingerprint density at radius 1 is 1.47 bits per heavy atom. The Bertz CT molecular complexity index is 346. The van der Waals surface area contributed by atoms with Gasteiger partial charge in [-0.05, 0) is 30.5 Å². The van der Waals surface area contributed by atoms with Crippen LogP contribution in [0, 0.1) is 0 Å². The summed E-state index contributed by atoms with van der Waals surface area (Å²) in [6, 6.07) is 4.94. The number of aliphatic hydroxyl groups is 1. The van der Waals surface area contributed by atoms with Gasteiger partial charge in [-0.2, -0.15) is 0 Å². The smallest absolute Gasteiger partial charge is 0.336 e. The molecule has 4 nitrogen and oxygen atoms in total. The Kier molecular flexibility index (Phi) is 4.12. The Labute approximate surface area is 88.1 Å². The molecule has 0 saturated heterocycles. The van der Waals surface area contributed by atoms with E-state index in [4.69, 9.17) is 14.9 Å². The zero-order valence-corrected chi connectivity index (χ0v) is 8.56. The van der Waals surface area contributed by atoms with E-state index in [-0.39, 0.29) is 12.2 Å². The molecular formula is C11H14O4. The maximum Gasteiger partial charge on any atom is 0.336 e. The van der Waals surface area contributed by atoms with E-state index in [1.165, 1.54) is 13.2 Å². The van der Waals surface area contributed by atoms with Crippen molar-refractivity contribution in [3.05, 3.63) is 29.3 Å². The Morgan fingerprint density at radius 3 is 2.73 bits per heavy atom.